The van der Waals surface area contributed by atoms with E-state index in [2.05, 4.69) is 5.32 Å². The van der Waals surface area contributed by atoms with Crippen LogP contribution in [-0.2, 0) is 14.6 Å². The van der Waals surface area contributed by atoms with Gasteiger partial charge in [0.15, 0.2) is 9.84 Å². The van der Waals surface area contributed by atoms with Gasteiger partial charge in [-0.3, -0.25) is 4.79 Å². The summed E-state index contributed by atoms with van der Waals surface area (Å²) >= 11 is 0. The molecule has 1 fully saturated rings. The van der Waals surface area contributed by atoms with Gasteiger partial charge in [-0.05, 0) is 56.5 Å². The first-order valence-corrected chi connectivity index (χ1v) is 10.6. The highest BCUT2D eigenvalue weighted by atomic mass is 32.2. The molecule has 1 amide bonds. The minimum atomic E-state index is -3.23. The second kappa shape index (κ2) is 9.20. The number of nitrogens with zero attached hydrogens (tertiary/aromatic N) is 1. The molecule has 0 saturated carbocycles. The molecule has 1 aromatic carbocycles. The molecule has 1 atom stereocenters. The normalized spacial score (nSPS) is 17.4. The van der Waals surface area contributed by atoms with E-state index in [0.717, 1.165) is 25.9 Å². The van der Waals surface area contributed by atoms with Gasteiger partial charge in [0.1, 0.15) is 5.75 Å². The average Bonchev–Trinajstić information content (AvgIpc) is 3.09. The third kappa shape index (κ3) is 6.66. The minimum Gasteiger partial charge on any atom is -0.493 e. The van der Waals surface area contributed by atoms with Crippen LogP contribution in [0.5, 0.6) is 5.75 Å². The lowest BCUT2D eigenvalue weighted by atomic mass is 10.0. The Morgan fingerprint density at radius 2 is 2.20 bits per heavy atom. The van der Waals surface area contributed by atoms with Crippen molar-refractivity contribution >= 4 is 15.7 Å². The zero-order valence-corrected chi connectivity index (χ0v) is 15.8. The van der Waals surface area contributed by atoms with Crippen molar-refractivity contribution in [2.75, 3.05) is 39.5 Å². The van der Waals surface area contributed by atoms with E-state index in [1.54, 1.807) is 23.1 Å². The Balaban J connectivity index is 1.67. The van der Waals surface area contributed by atoms with E-state index in [-0.39, 0.29) is 10.8 Å². The molecule has 0 aliphatic carbocycles. The van der Waals surface area contributed by atoms with Gasteiger partial charge in [-0.25, -0.2) is 8.42 Å². The summed E-state index contributed by atoms with van der Waals surface area (Å²) in [5.41, 5.74) is 0. The van der Waals surface area contributed by atoms with Crippen molar-refractivity contribution in [1.82, 2.24) is 10.2 Å². The van der Waals surface area contributed by atoms with E-state index < -0.39 is 9.84 Å². The van der Waals surface area contributed by atoms with Crippen LogP contribution in [0.2, 0.25) is 0 Å². The Bertz CT molecular complexity index is 669. The van der Waals surface area contributed by atoms with Crippen molar-refractivity contribution in [2.24, 2.45) is 5.92 Å². The van der Waals surface area contributed by atoms with Crippen LogP contribution in [0.4, 0.5) is 0 Å². The fourth-order valence-corrected chi connectivity index (χ4v) is 3.55. The summed E-state index contributed by atoms with van der Waals surface area (Å²) in [7, 11) is -1.41. The Morgan fingerprint density at radius 1 is 1.40 bits per heavy atom. The highest BCUT2D eigenvalue weighted by molar-refractivity contribution is 7.90. The van der Waals surface area contributed by atoms with E-state index in [1.807, 2.05) is 7.05 Å². The Morgan fingerprint density at radius 3 is 2.88 bits per heavy atom. The third-order valence-electron chi connectivity index (χ3n) is 4.49. The van der Waals surface area contributed by atoms with E-state index >= 15 is 0 Å². The van der Waals surface area contributed by atoms with Gasteiger partial charge in [-0.2, -0.15) is 0 Å². The number of benzene rings is 1. The first kappa shape index (κ1) is 19.7. The van der Waals surface area contributed by atoms with Crippen LogP contribution in [0.25, 0.3) is 0 Å². The monoisotopic (exact) mass is 368 g/mol. The SMILES string of the molecule is CN(CCCOc1cccc(S(C)(=O)=O)c1)C(=O)CCC1CCNC1. The summed E-state index contributed by atoms with van der Waals surface area (Å²) in [6, 6.07) is 6.48. The molecule has 1 saturated heterocycles. The molecule has 0 aromatic heterocycles. The van der Waals surface area contributed by atoms with Crippen LogP contribution in [0.3, 0.4) is 0 Å². The van der Waals surface area contributed by atoms with Crippen molar-refractivity contribution in [3.8, 4) is 5.75 Å². The van der Waals surface area contributed by atoms with Gasteiger partial charge in [-0.15, -0.1) is 0 Å². The molecule has 1 unspecified atom stereocenters. The van der Waals surface area contributed by atoms with Crippen molar-refractivity contribution < 1.29 is 17.9 Å². The number of rotatable bonds is 9. The third-order valence-corrected chi connectivity index (χ3v) is 5.61. The van der Waals surface area contributed by atoms with Gasteiger partial charge in [0.2, 0.25) is 5.91 Å². The van der Waals surface area contributed by atoms with Crippen LogP contribution in [-0.4, -0.2) is 58.8 Å². The number of hydrogen-bond donors (Lipinski definition) is 1. The highest BCUT2D eigenvalue weighted by Crippen LogP contribution is 2.18. The summed E-state index contributed by atoms with van der Waals surface area (Å²) in [4.78, 5) is 14.1. The maximum atomic E-state index is 12.1. The molecule has 140 valence electrons. The lowest BCUT2D eigenvalue weighted by Crippen LogP contribution is -2.29. The molecular weight excluding hydrogens is 340 g/mol. The molecule has 2 rings (SSSR count). The smallest absolute Gasteiger partial charge is 0.222 e. The quantitative estimate of drug-likeness (QED) is 0.672. The van der Waals surface area contributed by atoms with Gasteiger partial charge in [-0.1, -0.05) is 6.07 Å². The van der Waals surface area contributed by atoms with Crippen molar-refractivity contribution in [1.29, 1.82) is 0 Å². The van der Waals surface area contributed by atoms with Gasteiger partial charge in [0, 0.05) is 26.3 Å². The van der Waals surface area contributed by atoms with E-state index in [4.69, 9.17) is 4.74 Å². The molecule has 0 radical (unpaired) electrons. The maximum Gasteiger partial charge on any atom is 0.222 e. The molecule has 1 aromatic rings. The van der Waals surface area contributed by atoms with Crippen molar-refractivity contribution in [2.45, 2.75) is 30.6 Å². The lowest BCUT2D eigenvalue weighted by Gasteiger charge is -2.18. The zero-order valence-electron chi connectivity index (χ0n) is 15.0. The fourth-order valence-electron chi connectivity index (χ4n) is 2.89. The van der Waals surface area contributed by atoms with Crippen LogP contribution in [0, 0.1) is 5.92 Å². The molecular formula is C18H28N2O4S. The van der Waals surface area contributed by atoms with Crippen molar-refractivity contribution in [3.63, 3.8) is 0 Å². The number of amides is 1. The predicted octanol–water partition coefficient (Wildman–Crippen LogP) is 1.71. The summed E-state index contributed by atoms with van der Waals surface area (Å²) in [6.45, 7) is 3.16. The summed E-state index contributed by atoms with van der Waals surface area (Å²) in [5.74, 6) is 1.33. The number of carbonyl (C=O) groups excluding carboxylic acids is 1. The maximum absolute atomic E-state index is 12.1. The Hall–Kier alpha value is -1.60. The van der Waals surface area contributed by atoms with E-state index in [9.17, 15) is 13.2 Å². The molecule has 7 heteroatoms. The molecule has 1 aliphatic rings. The van der Waals surface area contributed by atoms with Crippen LogP contribution in [0.15, 0.2) is 29.2 Å². The first-order chi connectivity index (χ1) is 11.9. The largest absolute Gasteiger partial charge is 0.493 e. The summed E-state index contributed by atoms with van der Waals surface area (Å²) in [6.07, 6.45) is 4.59. The first-order valence-electron chi connectivity index (χ1n) is 8.74. The molecule has 0 bridgehead atoms. The van der Waals surface area contributed by atoms with Gasteiger partial charge < -0.3 is 15.0 Å². The molecule has 6 nitrogen and oxygen atoms in total. The topological polar surface area (TPSA) is 75.7 Å². The van der Waals surface area contributed by atoms with Crippen LogP contribution >= 0.6 is 0 Å². The number of hydrogen-bond acceptors (Lipinski definition) is 5. The summed E-state index contributed by atoms with van der Waals surface area (Å²) < 4.78 is 28.7. The van der Waals surface area contributed by atoms with Gasteiger partial charge in [0.05, 0.1) is 11.5 Å². The minimum absolute atomic E-state index is 0.172. The van der Waals surface area contributed by atoms with Crippen LogP contribution < -0.4 is 10.1 Å². The summed E-state index contributed by atoms with van der Waals surface area (Å²) in [5, 5.41) is 3.32. The molecule has 0 spiro atoms. The molecule has 1 aliphatic heterocycles. The average molecular weight is 368 g/mol. The highest BCUT2D eigenvalue weighted by Gasteiger charge is 2.17. The number of ether oxygens (including phenoxy) is 1. The number of carbonyl (C=O) groups is 1. The lowest BCUT2D eigenvalue weighted by molar-refractivity contribution is -0.130. The van der Waals surface area contributed by atoms with Crippen molar-refractivity contribution in [3.05, 3.63) is 24.3 Å². The zero-order chi connectivity index (χ0) is 18.3. The molecule has 1 heterocycles. The molecule has 25 heavy (non-hydrogen) atoms. The second-order valence-corrected chi connectivity index (χ2v) is 8.68. The number of nitrogens with one attached hydrogen (secondary N) is 1. The fraction of sp³-hybridized carbons (Fsp3) is 0.611. The van der Waals surface area contributed by atoms with E-state index in [0.29, 0.717) is 37.7 Å². The Labute approximate surface area is 150 Å². The van der Waals surface area contributed by atoms with Gasteiger partial charge >= 0.3 is 0 Å². The Kier molecular flexibility index (Phi) is 7.25. The number of sulfone groups is 1. The second-order valence-electron chi connectivity index (χ2n) is 6.66. The van der Waals surface area contributed by atoms with E-state index in [1.165, 1.54) is 12.3 Å². The molecule has 1 N–H and O–H groups in total. The van der Waals surface area contributed by atoms with Crippen LogP contribution in [0.1, 0.15) is 25.7 Å². The predicted molar refractivity (Wildman–Crippen MR) is 97.5 cm³/mol. The standard InChI is InChI=1S/C18H28N2O4S/c1-20(18(21)8-7-15-9-10-19-14-15)11-4-12-24-16-5-3-6-17(13-16)25(2,22)23/h3,5-6,13,15,19H,4,7-12,14H2,1-2H3. The van der Waals surface area contributed by atoms with Gasteiger partial charge in [0.25, 0.3) is 0 Å².